The van der Waals surface area contributed by atoms with Gasteiger partial charge in [-0.2, -0.15) is 0 Å². The number of imidazole rings is 1. The number of rotatable bonds is 2. The Bertz CT molecular complexity index is 463. The molecule has 1 aromatic heterocycles. The van der Waals surface area contributed by atoms with E-state index in [9.17, 15) is 5.11 Å². The van der Waals surface area contributed by atoms with Crippen molar-refractivity contribution in [2.75, 3.05) is 0 Å². The predicted octanol–water partition coefficient (Wildman–Crippen LogP) is 2.57. The summed E-state index contributed by atoms with van der Waals surface area (Å²) in [5, 5.41) is 11.0. The normalized spacial score (nSPS) is 25.3. The molecule has 4 heteroatoms. The van der Waals surface area contributed by atoms with Crippen LogP contribution < -0.4 is 0 Å². The average molecular weight is 234 g/mol. The van der Waals surface area contributed by atoms with Crippen LogP contribution in [-0.4, -0.2) is 26.4 Å². The standard InChI is InChI=1S/C12H14N2OS/c15-10-6-3-7-11(10)16-12-13-8-4-1-2-5-9(8)14-12/h1-2,4-5,10-11,15H,3,6-7H2,(H,13,14)/t10-,11-/m0/s1. The van der Waals surface area contributed by atoms with Crippen LogP contribution in [0.25, 0.3) is 11.0 Å². The van der Waals surface area contributed by atoms with Crippen LogP contribution in [0.4, 0.5) is 0 Å². The first kappa shape index (κ1) is 10.2. The van der Waals surface area contributed by atoms with Crippen LogP contribution in [0.5, 0.6) is 0 Å². The number of thioether (sulfide) groups is 1. The maximum atomic E-state index is 9.76. The Morgan fingerprint density at radius 2 is 2.19 bits per heavy atom. The van der Waals surface area contributed by atoms with Gasteiger partial charge in [-0.15, -0.1) is 0 Å². The van der Waals surface area contributed by atoms with E-state index < -0.39 is 0 Å². The van der Waals surface area contributed by atoms with Crippen molar-refractivity contribution in [1.29, 1.82) is 0 Å². The van der Waals surface area contributed by atoms with Gasteiger partial charge in [0.2, 0.25) is 0 Å². The zero-order chi connectivity index (χ0) is 11.0. The zero-order valence-corrected chi connectivity index (χ0v) is 9.70. The third-order valence-electron chi connectivity index (χ3n) is 3.05. The van der Waals surface area contributed by atoms with Crippen LogP contribution in [-0.2, 0) is 0 Å². The Kier molecular flexibility index (Phi) is 2.61. The SMILES string of the molecule is O[C@H]1CCC[C@@H]1Sc1nc2ccccc2[nH]1. The van der Waals surface area contributed by atoms with Crippen molar-refractivity contribution in [3.05, 3.63) is 24.3 Å². The monoisotopic (exact) mass is 234 g/mol. The molecule has 2 atom stereocenters. The van der Waals surface area contributed by atoms with Gasteiger partial charge >= 0.3 is 0 Å². The number of nitrogens with one attached hydrogen (secondary N) is 1. The van der Waals surface area contributed by atoms with Crippen LogP contribution in [0.3, 0.4) is 0 Å². The van der Waals surface area contributed by atoms with Crippen molar-refractivity contribution in [2.45, 2.75) is 35.8 Å². The van der Waals surface area contributed by atoms with E-state index in [0.29, 0.717) is 5.25 Å². The lowest BCUT2D eigenvalue weighted by atomic mass is 10.3. The molecular formula is C12H14N2OS. The fourth-order valence-corrected chi connectivity index (χ4v) is 3.36. The van der Waals surface area contributed by atoms with Crippen molar-refractivity contribution in [2.24, 2.45) is 0 Å². The summed E-state index contributed by atoms with van der Waals surface area (Å²) >= 11 is 1.67. The van der Waals surface area contributed by atoms with Gasteiger partial charge < -0.3 is 10.1 Å². The Hall–Kier alpha value is -1.00. The maximum Gasteiger partial charge on any atom is 0.166 e. The van der Waals surface area contributed by atoms with Crippen molar-refractivity contribution in [3.8, 4) is 0 Å². The number of para-hydroxylation sites is 2. The first-order valence-corrected chi connectivity index (χ1v) is 6.50. The minimum atomic E-state index is -0.168. The molecule has 3 nitrogen and oxygen atoms in total. The van der Waals surface area contributed by atoms with Gasteiger partial charge in [0.15, 0.2) is 5.16 Å². The van der Waals surface area contributed by atoms with E-state index in [0.717, 1.165) is 35.5 Å². The van der Waals surface area contributed by atoms with Crippen molar-refractivity contribution in [3.63, 3.8) is 0 Å². The summed E-state index contributed by atoms with van der Waals surface area (Å²) in [6.45, 7) is 0. The van der Waals surface area contributed by atoms with Gasteiger partial charge in [-0.3, -0.25) is 0 Å². The minimum Gasteiger partial charge on any atom is -0.392 e. The molecule has 0 spiro atoms. The number of fused-ring (bicyclic) bond motifs is 1. The van der Waals surface area contributed by atoms with Crippen LogP contribution >= 0.6 is 11.8 Å². The van der Waals surface area contributed by atoms with E-state index in [1.165, 1.54) is 0 Å². The number of aliphatic hydroxyl groups excluding tert-OH is 1. The summed E-state index contributed by atoms with van der Waals surface area (Å²) in [6, 6.07) is 8.01. The van der Waals surface area contributed by atoms with E-state index in [-0.39, 0.29) is 6.10 Å². The topological polar surface area (TPSA) is 48.9 Å². The van der Waals surface area contributed by atoms with Gasteiger partial charge in [0.25, 0.3) is 0 Å². The third-order valence-corrected chi connectivity index (χ3v) is 4.32. The van der Waals surface area contributed by atoms with E-state index in [2.05, 4.69) is 9.97 Å². The molecule has 16 heavy (non-hydrogen) atoms. The molecule has 2 aromatic rings. The van der Waals surface area contributed by atoms with Gasteiger partial charge in [0, 0.05) is 5.25 Å². The smallest absolute Gasteiger partial charge is 0.166 e. The highest BCUT2D eigenvalue weighted by molar-refractivity contribution is 7.99. The Balaban J connectivity index is 1.83. The highest BCUT2D eigenvalue weighted by Crippen LogP contribution is 2.34. The van der Waals surface area contributed by atoms with Crippen LogP contribution in [0.2, 0.25) is 0 Å². The molecule has 0 radical (unpaired) electrons. The van der Waals surface area contributed by atoms with E-state index in [4.69, 9.17) is 0 Å². The summed E-state index contributed by atoms with van der Waals surface area (Å²) in [7, 11) is 0. The molecule has 0 aliphatic heterocycles. The molecule has 0 amide bonds. The number of hydrogen-bond acceptors (Lipinski definition) is 3. The van der Waals surface area contributed by atoms with Gasteiger partial charge in [-0.05, 0) is 31.4 Å². The first-order chi connectivity index (χ1) is 7.83. The summed E-state index contributed by atoms with van der Waals surface area (Å²) in [4.78, 5) is 7.79. The number of aliphatic hydroxyl groups is 1. The summed E-state index contributed by atoms with van der Waals surface area (Å²) < 4.78 is 0. The molecule has 0 saturated heterocycles. The molecule has 1 aromatic carbocycles. The van der Waals surface area contributed by atoms with E-state index in [1.54, 1.807) is 11.8 Å². The number of hydrogen-bond donors (Lipinski definition) is 2. The molecule has 1 saturated carbocycles. The lowest BCUT2D eigenvalue weighted by Gasteiger charge is -2.11. The van der Waals surface area contributed by atoms with Gasteiger partial charge in [0.1, 0.15) is 0 Å². The lowest BCUT2D eigenvalue weighted by Crippen LogP contribution is -2.15. The Morgan fingerprint density at radius 3 is 2.94 bits per heavy atom. The molecule has 1 fully saturated rings. The number of nitrogens with zero attached hydrogens (tertiary/aromatic N) is 1. The van der Waals surface area contributed by atoms with Crippen molar-refractivity contribution < 1.29 is 5.11 Å². The number of aromatic nitrogens is 2. The van der Waals surface area contributed by atoms with Crippen LogP contribution in [0.1, 0.15) is 19.3 Å². The van der Waals surface area contributed by atoms with Gasteiger partial charge in [-0.1, -0.05) is 23.9 Å². The molecule has 3 rings (SSSR count). The minimum absolute atomic E-state index is 0.168. The highest BCUT2D eigenvalue weighted by Gasteiger charge is 2.26. The molecule has 1 aliphatic carbocycles. The second-order valence-electron chi connectivity index (χ2n) is 4.21. The Labute approximate surface area is 98.3 Å². The fraction of sp³-hybridized carbons (Fsp3) is 0.417. The maximum absolute atomic E-state index is 9.76. The van der Waals surface area contributed by atoms with Gasteiger partial charge in [-0.25, -0.2) is 4.98 Å². The average Bonchev–Trinajstić information content (AvgIpc) is 2.85. The summed E-state index contributed by atoms with van der Waals surface area (Å²) in [5.74, 6) is 0. The Morgan fingerprint density at radius 1 is 1.31 bits per heavy atom. The quantitative estimate of drug-likeness (QED) is 0.839. The van der Waals surface area contributed by atoms with Crippen molar-refractivity contribution >= 4 is 22.8 Å². The summed E-state index contributed by atoms with van der Waals surface area (Å²) in [5.41, 5.74) is 2.06. The number of benzene rings is 1. The number of H-pyrrole nitrogens is 1. The molecule has 1 aliphatic rings. The number of aromatic amines is 1. The van der Waals surface area contributed by atoms with Crippen molar-refractivity contribution in [1.82, 2.24) is 9.97 Å². The zero-order valence-electron chi connectivity index (χ0n) is 8.89. The fourth-order valence-electron chi connectivity index (χ4n) is 2.17. The lowest BCUT2D eigenvalue weighted by molar-refractivity contribution is 0.188. The second kappa shape index (κ2) is 4.11. The largest absolute Gasteiger partial charge is 0.392 e. The molecule has 0 unspecified atom stereocenters. The molecular weight excluding hydrogens is 220 g/mol. The van der Waals surface area contributed by atoms with E-state index >= 15 is 0 Å². The summed E-state index contributed by atoms with van der Waals surface area (Å²) in [6.07, 6.45) is 2.97. The molecule has 1 heterocycles. The highest BCUT2D eigenvalue weighted by atomic mass is 32.2. The molecule has 0 bridgehead atoms. The first-order valence-electron chi connectivity index (χ1n) is 5.62. The van der Waals surface area contributed by atoms with Crippen LogP contribution in [0.15, 0.2) is 29.4 Å². The van der Waals surface area contributed by atoms with Crippen LogP contribution in [0, 0.1) is 0 Å². The second-order valence-corrected chi connectivity index (χ2v) is 5.44. The predicted molar refractivity (Wildman–Crippen MR) is 65.6 cm³/mol. The van der Waals surface area contributed by atoms with E-state index in [1.807, 2.05) is 24.3 Å². The molecule has 2 N–H and O–H groups in total. The molecule has 84 valence electrons. The third kappa shape index (κ3) is 1.83. The van der Waals surface area contributed by atoms with Gasteiger partial charge in [0.05, 0.1) is 17.1 Å².